The van der Waals surface area contributed by atoms with Gasteiger partial charge in [0.1, 0.15) is 5.75 Å². The summed E-state index contributed by atoms with van der Waals surface area (Å²) in [6.45, 7) is 0. The van der Waals surface area contributed by atoms with Crippen LogP contribution in [0.1, 0.15) is 11.1 Å². The second-order valence-electron chi connectivity index (χ2n) is 4.81. The minimum atomic E-state index is 0.322. The molecule has 0 aliphatic rings. The number of phenols is 1. The Balaban J connectivity index is 0.000000194. The van der Waals surface area contributed by atoms with E-state index < -0.39 is 0 Å². The molecule has 1 heteroatoms. The van der Waals surface area contributed by atoms with Crippen LogP contribution < -0.4 is 0 Å². The van der Waals surface area contributed by atoms with Crippen molar-refractivity contribution in [3.63, 3.8) is 0 Å². The van der Waals surface area contributed by atoms with Gasteiger partial charge in [0.05, 0.1) is 0 Å². The fourth-order valence-electron chi connectivity index (χ4n) is 2.01. The van der Waals surface area contributed by atoms with Crippen LogP contribution in [0.25, 0.3) is 0 Å². The minimum absolute atomic E-state index is 0.322. The van der Waals surface area contributed by atoms with Crippen LogP contribution in [0.4, 0.5) is 0 Å². The van der Waals surface area contributed by atoms with Crippen molar-refractivity contribution in [2.45, 2.75) is 12.8 Å². The van der Waals surface area contributed by atoms with Crippen LogP contribution in [0, 0.1) is 0 Å². The number of rotatable bonds is 3. The summed E-state index contributed by atoms with van der Waals surface area (Å²) in [7, 11) is 0. The van der Waals surface area contributed by atoms with Crippen molar-refractivity contribution in [1.82, 2.24) is 0 Å². The molecule has 0 heterocycles. The summed E-state index contributed by atoms with van der Waals surface area (Å²) in [6.07, 6.45) is 2.26. The fourth-order valence-corrected chi connectivity index (χ4v) is 2.01. The molecule has 3 aromatic rings. The van der Waals surface area contributed by atoms with Crippen molar-refractivity contribution >= 4 is 0 Å². The summed E-state index contributed by atoms with van der Waals surface area (Å²) in [4.78, 5) is 0. The van der Waals surface area contributed by atoms with Gasteiger partial charge in [-0.05, 0) is 36.1 Å². The molecule has 1 N–H and O–H groups in total. The summed E-state index contributed by atoms with van der Waals surface area (Å²) in [5.74, 6) is 0.322. The van der Waals surface area contributed by atoms with Crippen molar-refractivity contribution in [2.24, 2.45) is 0 Å². The Morgan fingerprint density at radius 1 is 0.476 bits per heavy atom. The number of hydrogen-bond acceptors (Lipinski definition) is 1. The number of aryl methyl sites for hydroxylation is 2. The van der Waals surface area contributed by atoms with Crippen molar-refractivity contribution < 1.29 is 5.11 Å². The quantitative estimate of drug-likeness (QED) is 0.724. The lowest BCUT2D eigenvalue weighted by atomic mass is 10.0. The van der Waals surface area contributed by atoms with E-state index in [1.807, 2.05) is 6.07 Å². The molecule has 1 nitrogen and oxygen atoms in total. The Labute approximate surface area is 126 Å². The monoisotopic (exact) mass is 276 g/mol. The van der Waals surface area contributed by atoms with Crippen LogP contribution in [0.3, 0.4) is 0 Å². The van der Waals surface area contributed by atoms with Gasteiger partial charge in [-0.3, -0.25) is 0 Å². The van der Waals surface area contributed by atoms with E-state index in [2.05, 4.69) is 60.7 Å². The van der Waals surface area contributed by atoms with Crippen molar-refractivity contribution in [2.75, 3.05) is 0 Å². The normalized spacial score (nSPS) is 9.52. The third kappa shape index (κ3) is 5.96. The zero-order valence-electron chi connectivity index (χ0n) is 12.0. The number of phenolic OH excluding ortho intramolecular Hbond substituents is 1. The first-order chi connectivity index (χ1) is 10.3. The second-order valence-corrected chi connectivity index (χ2v) is 4.81. The molecule has 0 aliphatic carbocycles. The number of hydrogen-bond donors (Lipinski definition) is 1. The lowest BCUT2D eigenvalue weighted by Crippen LogP contribution is -1.89. The van der Waals surface area contributed by atoms with Gasteiger partial charge in [0.25, 0.3) is 0 Å². The molecule has 3 aromatic carbocycles. The maximum atomic E-state index is 8.63. The van der Waals surface area contributed by atoms with Crippen LogP contribution in [-0.4, -0.2) is 5.11 Å². The van der Waals surface area contributed by atoms with E-state index in [1.165, 1.54) is 11.1 Å². The van der Waals surface area contributed by atoms with Crippen molar-refractivity contribution in [3.8, 4) is 5.75 Å². The van der Waals surface area contributed by atoms with Crippen molar-refractivity contribution in [3.05, 3.63) is 102 Å². The highest BCUT2D eigenvalue weighted by molar-refractivity contribution is 5.20. The van der Waals surface area contributed by atoms with E-state index in [1.54, 1.807) is 24.3 Å². The van der Waals surface area contributed by atoms with Gasteiger partial charge in [0.2, 0.25) is 0 Å². The van der Waals surface area contributed by atoms with Gasteiger partial charge in [-0.15, -0.1) is 0 Å². The predicted octanol–water partition coefficient (Wildman–Crippen LogP) is 4.86. The zero-order chi connectivity index (χ0) is 14.8. The number of benzene rings is 3. The molecule has 0 radical (unpaired) electrons. The van der Waals surface area contributed by atoms with Gasteiger partial charge in [0, 0.05) is 0 Å². The third-order valence-electron chi connectivity index (χ3n) is 3.14. The average molecular weight is 276 g/mol. The molecular formula is C20H20O. The second kappa shape index (κ2) is 8.60. The molecule has 0 unspecified atom stereocenters. The molecule has 0 aliphatic heterocycles. The molecule has 0 saturated carbocycles. The summed E-state index contributed by atoms with van der Waals surface area (Å²) < 4.78 is 0. The van der Waals surface area contributed by atoms with Gasteiger partial charge < -0.3 is 5.11 Å². The SMILES string of the molecule is Oc1ccccc1.c1ccc(CCc2ccccc2)cc1. The van der Waals surface area contributed by atoms with E-state index in [9.17, 15) is 0 Å². The van der Waals surface area contributed by atoms with Gasteiger partial charge in [-0.25, -0.2) is 0 Å². The Hall–Kier alpha value is -2.54. The number of aromatic hydroxyl groups is 1. The lowest BCUT2D eigenvalue weighted by molar-refractivity contribution is 0.475. The van der Waals surface area contributed by atoms with Crippen LogP contribution >= 0.6 is 0 Å². The third-order valence-corrected chi connectivity index (χ3v) is 3.14. The molecule has 0 fully saturated rings. The standard InChI is InChI=1S/C14H14.C6H6O/c1-3-7-13(8-4-1)11-12-14-9-5-2-6-10-14;7-6-4-2-1-3-5-6/h1-10H,11-12H2;1-5,7H. The van der Waals surface area contributed by atoms with Gasteiger partial charge in [0.15, 0.2) is 0 Å². The Bertz CT molecular complexity index is 564. The van der Waals surface area contributed by atoms with Gasteiger partial charge >= 0.3 is 0 Å². The van der Waals surface area contributed by atoms with E-state index in [4.69, 9.17) is 5.11 Å². The zero-order valence-corrected chi connectivity index (χ0v) is 12.0. The summed E-state index contributed by atoms with van der Waals surface area (Å²) in [5, 5.41) is 8.63. The summed E-state index contributed by atoms with van der Waals surface area (Å²) in [5.41, 5.74) is 2.83. The van der Waals surface area contributed by atoms with Gasteiger partial charge in [-0.2, -0.15) is 0 Å². The maximum Gasteiger partial charge on any atom is 0.115 e. The molecule has 0 bridgehead atoms. The van der Waals surface area contributed by atoms with Crippen molar-refractivity contribution in [1.29, 1.82) is 0 Å². The summed E-state index contributed by atoms with van der Waals surface area (Å²) >= 11 is 0. The molecule has 0 spiro atoms. The Kier molecular flexibility index (Phi) is 6.08. The topological polar surface area (TPSA) is 20.2 Å². The molecule has 0 amide bonds. The lowest BCUT2D eigenvalue weighted by Gasteiger charge is -2.01. The fraction of sp³-hybridized carbons (Fsp3) is 0.100. The van der Waals surface area contributed by atoms with E-state index in [0.717, 1.165) is 12.8 Å². The first-order valence-electron chi connectivity index (χ1n) is 7.16. The molecule has 106 valence electrons. The Morgan fingerprint density at radius 2 is 0.810 bits per heavy atom. The van der Waals surface area contributed by atoms with Crippen LogP contribution in [0.2, 0.25) is 0 Å². The van der Waals surface area contributed by atoms with Crippen LogP contribution in [0.5, 0.6) is 5.75 Å². The molecule has 21 heavy (non-hydrogen) atoms. The van der Waals surface area contributed by atoms with Crippen LogP contribution in [-0.2, 0) is 12.8 Å². The maximum absolute atomic E-state index is 8.63. The highest BCUT2D eigenvalue weighted by atomic mass is 16.3. The molecule has 0 atom stereocenters. The largest absolute Gasteiger partial charge is 0.508 e. The van der Waals surface area contributed by atoms with Crippen LogP contribution in [0.15, 0.2) is 91.0 Å². The molecular weight excluding hydrogens is 256 g/mol. The average Bonchev–Trinajstić information content (AvgIpc) is 2.56. The first-order valence-corrected chi connectivity index (χ1v) is 7.16. The summed E-state index contributed by atoms with van der Waals surface area (Å²) in [6, 6.07) is 30.0. The predicted molar refractivity (Wildman–Crippen MR) is 88.4 cm³/mol. The molecule has 0 aromatic heterocycles. The highest BCUT2D eigenvalue weighted by Crippen LogP contribution is 2.06. The minimum Gasteiger partial charge on any atom is -0.508 e. The first kappa shape index (κ1) is 14.9. The molecule has 3 rings (SSSR count). The van der Waals surface area contributed by atoms with E-state index in [-0.39, 0.29) is 0 Å². The van der Waals surface area contributed by atoms with Gasteiger partial charge in [-0.1, -0.05) is 78.9 Å². The smallest absolute Gasteiger partial charge is 0.115 e. The van der Waals surface area contributed by atoms with E-state index in [0.29, 0.717) is 5.75 Å². The van der Waals surface area contributed by atoms with E-state index >= 15 is 0 Å². The number of para-hydroxylation sites is 1. The molecule has 0 saturated heterocycles. The highest BCUT2D eigenvalue weighted by Gasteiger charge is 1.93. The Morgan fingerprint density at radius 3 is 1.10 bits per heavy atom.